The summed E-state index contributed by atoms with van der Waals surface area (Å²) in [6.45, 7) is 6.44. The number of rotatable bonds is 1. The van der Waals surface area contributed by atoms with Gasteiger partial charge in [0.2, 0.25) is 0 Å². The molecule has 1 fully saturated rings. The summed E-state index contributed by atoms with van der Waals surface area (Å²) in [6, 6.07) is 5.90. The Labute approximate surface area is 107 Å². The van der Waals surface area contributed by atoms with E-state index in [9.17, 15) is 9.18 Å². The molecule has 1 aliphatic rings. The molecule has 0 radical (unpaired) electrons. The Morgan fingerprint density at radius 2 is 2.22 bits per heavy atom. The second-order valence-electron chi connectivity index (χ2n) is 5.31. The first-order valence-electron chi connectivity index (χ1n) is 6.29. The van der Waals surface area contributed by atoms with Crippen LogP contribution in [0.5, 0.6) is 0 Å². The van der Waals surface area contributed by atoms with Gasteiger partial charge in [0.05, 0.1) is 0 Å². The van der Waals surface area contributed by atoms with Crippen LogP contribution < -0.4 is 5.32 Å². The van der Waals surface area contributed by atoms with Crippen molar-refractivity contribution >= 4 is 5.91 Å². The maximum absolute atomic E-state index is 13.2. The molecule has 1 saturated heterocycles. The molecular weight excluding hydrogens is 231 g/mol. The van der Waals surface area contributed by atoms with Crippen molar-refractivity contribution in [2.45, 2.75) is 25.8 Å². The molecule has 1 aromatic rings. The van der Waals surface area contributed by atoms with E-state index in [1.807, 2.05) is 18.7 Å². The summed E-state index contributed by atoms with van der Waals surface area (Å²) in [4.78, 5) is 14.3. The molecule has 0 bridgehead atoms. The third kappa shape index (κ3) is 2.70. The van der Waals surface area contributed by atoms with E-state index >= 15 is 0 Å². The van der Waals surface area contributed by atoms with Crippen molar-refractivity contribution in [1.82, 2.24) is 10.2 Å². The van der Waals surface area contributed by atoms with Crippen molar-refractivity contribution in [1.29, 1.82) is 0 Å². The molecule has 0 aromatic heterocycles. The lowest BCUT2D eigenvalue weighted by atomic mass is 10.0. The highest BCUT2D eigenvalue weighted by Gasteiger charge is 2.32. The van der Waals surface area contributed by atoms with E-state index in [1.165, 1.54) is 12.1 Å². The lowest BCUT2D eigenvalue weighted by Gasteiger charge is -2.37. The zero-order chi connectivity index (χ0) is 13.2. The third-order valence-corrected chi connectivity index (χ3v) is 3.34. The Morgan fingerprint density at radius 3 is 2.94 bits per heavy atom. The van der Waals surface area contributed by atoms with Crippen LogP contribution in [0.2, 0.25) is 0 Å². The Hall–Kier alpha value is -1.42. The first-order chi connectivity index (χ1) is 8.50. The molecule has 1 aromatic carbocycles. The summed E-state index contributed by atoms with van der Waals surface area (Å²) in [7, 11) is 0. The minimum atomic E-state index is -0.369. The van der Waals surface area contributed by atoms with Gasteiger partial charge in [-0.15, -0.1) is 0 Å². The molecule has 1 amide bonds. The van der Waals surface area contributed by atoms with Gasteiger partial charge in [-0.2, -0.15) is 0 Å². The minimum Gasteiger partial charge on any atom is -0.332 e. The fourth-order valence-electron chi connectivity index (χ4n) is 2.31. The maximum atomic E-state index is 13.2. The Morgan fingerprint density at radius 1 is 1.44 bits per heavy atom. The molecule has 98 valence electrons. The second kappa shape index (κ2) is 5.06. The molecule has 0 saturated carbocycles. The number of hydrogen-bond donors (Lipinski definition) is 1. The van der Waals surface area contributed by atoms with Gasteiger partial charge in [-0.05, 0) is 45.0 Å². The molecule has 2 rings (SSSR count). The van der Waals surface area contributed by atoms with E-state index in [0.29, 0.717) is 12.1 Å². The van der Waals surface area contributed by atoms with E-state index < -0.39 is 0 Å². The van der Waals surface area contributed by atoms with Crippen LogP contribution in [0.4, 0.5) is 4.39 Å². The summed E-state index contributed by atoms with van der Waals surface area (Å²) in [5.74, 6) is -0.463. The van der Waals surface area contributed by atoms with E-state index in [2.05, 4.69) is 5.32 Å². The summed E-state index contributed by atoms with van der Waals surface area (Å²) in [5.41, 5.74) is 0.171. The van der Waals surface area contributed by atoms with Crippen LogP contribution in [-0.2, 0) is 0 Å². The highest BCUT2D eigenvalue weighted by molar-refractivity contribution is 5.94. The van der Waals surface area contributed by atoms with Crippen LogP contribution in [0.15, 0.2) is 24.3 Å². The molecule has 0 aliphatic carbocycles. The molecule has 1 heterocycles. The molecule has 0 atom stereocenters. The largest absolute Gasteiger partial charge is 0.332 e. The summed E-state index contributed by atoms with van der Waals surface area (Å²) < 4.78 is 13.2. The Balaban J connectivity index is 2.26. The lowest BCUT2D eigenvalue weighted by molar-refractivity contribution is 0.0577. The van der Waals surface area contributed by atoms with Crippen molar-refractivity contribution in [2.75, 3.05) is 19.6 Å². The van der Waals surface area contributed by atoms with Gasteiger partial charge in [0, 0.05) is 24.2 Å². The summed E-state index contributed by atoms with van der Waals surface area (Å²) in [6.07, 6.45) is 0.921. The Bertz CT molecular complexity index is 445. The second-order valence-corrected chi connectivity index (χ2v) is 5.31. The van der Waals surface area contributed by atoms with Gasteiger partial charge in [0.15, 0.2) is 0 Å². The molecule has 18 heavy (non-hydrogen) atoms. The topological polar surface area (TPSA) is 32.3 Å². The van der Waals surface area contributed by atoms with Crippen molar-refractivity contribution < 1.29 is 9.18 Å². The van der Waals surface area contributed by atoms with E-state index in [4.69, 9.17) is 0 Å². The van der Waals surface area contributed by atoms with Gasteiger partial charge >= 0.3 is 0 Å². The number of hydrogen-bond acceptors (Lipinski definition) is 2. The van der Waals surface area contributed by atoms with Crippen LogP contribution >= 0.6 is 0 Å². The highest BCUT2D eigenvalue weighted by Crippen LogP contribution is 2.20. The minimum absolute atomic E-state index is 0.0943. The van der Waals surface area contributed by atoms with Crippen molar-refractivity contribution in [2.24, 2.45) is 0 Å². The van der Waals surface area contributed by atoms with Gasteiger partial charge < -0.3 is 10.2 Å². The fourth-order valence-corrected chi connectivity index (χ4v) is 2.31. The van der Waals surface area contributed by atoms with E-state index in [-0.39, 0.29) is 17.3 Å². The smallest absolute Gasteiger partial charge is 0.254 e. The van der Waals surface area contributed by atoms with Gasteiger partial charge in [-0.3, -0.25) is 4.79 Å². The summed E-state index contributed by atoms with van der Waals surface area (Å²) in [5, 5.41) is 3.32. The zero-order valence-corrected chi connectivity index (χ0v) is 10.9. The van der Waals surface area contributed by atoms with Crippen LogP contribution in [0.3, 0.4) is 0 Å². The molecule has 1 N–H and O–H groups in total. The van der Waals surface area contributed by atoms with Crippen LogP contribution in [-0.4, -0.2) is 36.0 Å². The molecular formula is C14H19FN2O. The van der Waals surface area contributed by atoms with Crippen LogP contribution in [0.1, 0.15) is 30.6 Å². The number of nitrogens with one attached hydrogen (secondary N) is 1. The van der Waals surface area contributed by atoms with Crippen LogP contribution in [0.25, 0.3) is 0 Å². The first-order valence-corrected chi connectivity index (χ1v) is 6.29. The monoisotopic (exact) mass is 250 g/mol. The fraction of sp³-hybridized carbons (Fsp3) is 0.500. The van der Waals surface area contributed by atoms with Crippen molar-refractivity contribution in [3.05, 3.63) is 35.6 Å². The van der Waals surface area contributed by atoms with Gasteiger partial charge in [-0.25, -0.2) is 4.39 Å². The lowest BCUT2D eigenvalue weighted by Crippen LogP contribution is -2.51. The normalized spacial score (nSPS) is 19.4. The first kappa shape index (κ1) is 13.0. The molecule has 3 nitrogen and oxygen atoms in total. The highest BCUT2D eigenvalue weighted by atomic mass is 19.1. The van der Waals surface area contributed by atoms with Gasteiger partial charge in [0.1, 0.15) is 5.82 Å². The molecule has 1 aliphatic heterocycles. The van der Waals surface area contributed by atoms with Gasteiger partial charge in [-0.1, -0.05) is 6.07 Å². The van der Waals surface area contributed by atoms with Crippen molar-refractivity contribution in [3.63, 3.8) is 0 Å². The Kier molecular flexibility index (Phi) is 3.66. The molecule has 0 spiro atoms. The van der Waals surface area contributed by atoms with Crippen LogP contribution in [0, 0.1) is 5.82 Å². The van der Waals surface area contributed by atoms with Gasteiger partial charge in [0.25, 0.3) is 5.91 Å². The quantitative estimate of drug-likeness (QED) is 0.827. The number of nitrogens with zero attached hydrogens (tertiary/aromatic N) is 1. The SMILES string of the molecule is CC1(C)CNCCCN1C(=O)c1cccc(F)c1. The zero-order valence-electron chi connectivity index (χ0n) is 10.9. The number of halogens is 1. The molecule has 0 unspecified atom stereocenters. The number of carbonyl (C=O) groups is 1. The molecule has 4 heteroatoms. The average molecular weight is 250 g/mol. The maximum Gasteiger partial charge on any atom is 0.254 e. The predicted octanol–water partition coefficient (Wildman–Crippen LogP) is 2.04. The number of carbonyl (C=O) groups excluding carboxylic acids is 1. The standard InChI is InChI=1S/C14H19FN2O/c1-14(2)10-16-7-4-8-17(14)13(18)11-5-3-6-12(15)9-11/h3,5-6,9,16H,4,7-8,10H2,1-2H3. The average Bonchev–Trinajstić information content (AvgIpc) is 2.49. The summed E-state index contributed by atoms with van der Waals surface area (Å²) >= 11 is 0. The third-order valence-electron chi connectivity index (χ3n) is 3.34. The van der Waals surface area contributed by atoms with E-state index in [0.717, 1.165) is 19.5 Å². The number of benzene rings is 1. The number of amides is 1. The van der Waals surface area contributed by atoms with E-state index in [1.54, 1.807) is 12.1 Å². The predicted molar refractivity (Wildman–Crippen MR) is 69.0 cm³/mol. The van der Waals surface area contributed by atoms with Crippen molar-refractivity contribution in [3.8, 4) is 0 Å².